The predicted molar refractivity (Wildman–Crippen MR) is 66.3 cm³/mol. The van der Waals surface area contributed by atoms with E-state index < -0.39 is 0 Å². The summed E-state index contributed by atoms with van der Waals surface area (Å²) in [5, 5.41) is 9.21. The van der Waals surface area contributed by atoms with Gasteiger partial charge in [-0.1, -0.05) is 0 Å². The van der Waals surface area contributed by atoms with Gasteiger partial charge >= 0.3 is 0 Å². The fraction of sp³-hybridized carbons (Fsp3) is 0.167. The number of anilines is 1. The summed E-state index contributed by atoms with van der Waals surface area (Å²) in [6.07, 6.45) is 0.664. The van der Waals surface area contributed by atoms with Crippen molar-refractivity contribution in [1.82, 2.24) is 9.97 Å². The highest BCUT2D eigenvalue weighted by molar-refractivity contribution is 5.58. The lowest BCUT2D eigenvalue weighted by Gasteiger charge is -2.05. The van der Waals surface area contributed by atoms with Crippen LogP contribution in [0, 0.1) is 0 Å². The zero-order valence-electron chi connectivity index (χ0n) is 9.30. The van der Waals surface area contributed by atoms with Crippen molar-refractivity contribution in [2.75, 3.05) is 12.3 Å². The molecule has 88 valence electrons. The normalized spacial score (nSPS) is 10.4. The SMILES string of the molecule is NCCc1cc(N)nc(-c2ccc(O)cc2)n1. The second-order valence-corrected chi connectivity index (χ2v) is 3.69. The molecule has 0 aliphatic heterocycles. The average Bonchev–Trinajstić information content (AvgIpc) is 2.29. The van der Waals surface area contributed by atoms with Gasteiger partial charge in [0.15, 0.2) is 5.82 Å². The molecule has 5 N–H and O–H groups in total. The van der Waals surface area contributed by atoms with E-state index in [1.54, 1.807) is 30.3 Å². The highest BCUT2D eigenvalue weighted by atomic mass is 16.3. The summed E-state index contributed by atoms with van der Waals surface area (Å²) < 4.78 is 0. The fourth-order valence-electron chi connectivity index (χ4n) is 1.53. The van der Waals surface area contributed by atoms with Gasteiger partial charge in [-0.3, -0.25) is 0 Å². The van der Waals surface area contributed by atoms with Gasteiger partial charge in [-0.25, -0.2) is 9.97 Å². The van der Waals surface area contributed by atoms with Crippen LogP contribution in [0.4, 0.5) is 5.82 Å². The number of benzene rings is 1. The van der Waals surface area contributed by atoms with Crippen LogP contribution in [-0.2, 0) is 6.42 Å². The van der Waals surface area contributed by atoms with E-state index >= 15 is 0 Å². The summed E-state index contributed by atoms with van der Waals surface area (Å²) in [5.74, 6) is 1.18. The van der Waals surface area contributed by atoms with Crippen molar-refractivity contribution in [3.8, 4) is 17.1 Å². The Kier molecular flexibility index (Phi) is 3.20. The summed E-state index contributed by atoms with van der Waals surface area (Å²) in [6, 6.07) is 8.39. The van der Waals surface area contributed by atoms with Crippen LogP contribution in [0.25, 0.3) is 11.4 Å². The first-order chi connectivity index (χ1) is 8.19. The molecule has 1 aromatic carbocycles. The number of nitrogens with zero attached hydrogens (tertiary/aromatic N) is 2. The van der Waals surface area contributed by atoms with Gasteiger partial charge in [0.25, 0.3) is 0 Å². The Bertz CT molecular complexity index is 510. The van der Waals surface area contributed by atoms with Crippen LogP contribution >= 0.6 is 0 Å². The van der Waals surface area contributed by atoms with E-state index in [-0.39, 0.29) is 5.75 Å². The monoisotopic (exact) mass is 230 g/mol. The zero-order valence-corrected chi connectivity index (χ0v) is 9.30. The predicted octanol–water partition coefficient (Wildman–Crippen LogP) is 0.933. The number of rotatable bonds is 3. The maximum Gasteiger partial charge on any atom is 0.161 e. The van der Waals surface area contributed by atoms with Crippen molar-refractivity contribution >= 4 is 5.82 Å². The molecule has 2 aromatic rings. The Morgan fingerprint density at radius 2 is 1.82 bits per heavy atom. The first-order valence-corrected chi connectivity index (χ1v) is 5.32. The molecule has 5 nitrogen and oxygen atoms in total. The van der Waals surface area contributed by atoms with E-state index in [0.717, 1.165) is 11.3 Å². The van der Waals surface area contributed by atoms with Gasteiger partial charge in [0.2, 0.25) is 0 Å². The number of aromatic nitrogens is 2. The second-order valence-electron chi connectivity index (χ2n) is 3.69. The standard InChI is InChI=1S/C12H14N4O/c13-6-5-9-7-11(14)16-12(15-9)8-1-3-10(17)4-2-8/h1-4,7,17H,5-6,13H2,(H2,14,15,16). The van der Waals surface area contributed by atoms with Gasteiger partial charge in [-0.15, -0.1) is 0 Å². The lowest BCUT2D eigenvalue weighted by molar-refractivity contribution is 0.475. The van der Waals surface area contributed by atoms with E-state index in [1.807, 2.05) is 0 Å². The average molecular weight is 230 g/mol. The van der Waals surface area contributed by atoms with Crippen LogP contribution in [0.15, 0.2) is 30.3 Å². The molecule has 0 fully saturated rings. The summed E-state index contributed by atoms with van der Waals surface area (Å²) in [6.45, 7) is 0.519. The first kappa shape index (κ1) is 11.3. The molecule has 17 heavy (non-hydrogen) atoms. The lowest BCUT2D eigenvalue weighted by atomic mass is 10.2. The molecule has 0 amide bonds. The Hall–Kier alpha value is -2.14. The largest absolute Gasteiger partial charge is 0.508 e. The molecule has 0 aliphatic rings. The number of hydrogen-bond acceptors (Lipinski definition) is 5. The fourth-order valence-corrected chi connectivity index (χ4v) is 1.53. The smallest absolute Gasteiger partial charge is 0.161 e. The molecule has 1 heterocycles. The molecule has 0 aliphatic carbocycles. The minimum Gasteiger partial charge on any atom is -0.508 e. The summed E-state index contributed by atoms with van der Waals surface area (Å²) >= 11 is 0. The minimum atomic E-state index is 0.208. The molecule has 0 saturated carbocycles. The number of phenols is 1. The van der Waals surface area contributed by atoms with E-state index in [9.17, 15) is 5.11 Å². The van der Waals surface area contributed by atoms with Crippen LogP contribution in [-0.4, -0.2) is 21.6 Å². The number of nitrogens with two attached hydrogens (primary N) is 2. The van der Waals surface area contributed by atoms with Gasteiger partial charge in [0.05, 0.1) is 0 Å². The first-order valence-electron chi connectivity index (χ1n) is 5.32. The van der Waals surface area contributed by atoms with Crippen LogP contribution in [0.3, 0.4) is 0 Å². The molecule has 1 aromatic heterocycles. The number of hydrogen-bond donors (Lipinski definition) is 3. The summed E-state index contributed by atoms with van der Waals surface area (Å²) in [7, 11) is 0. The van der Waals surface area contributed by atoms with Gasteiger partial charge in [0, 0.05) is 23.7 Å². The Morgan fingerprint density at radius 3 is 2.47 bits per heavy atom. The quantitative estimate of drug-likeness (QED) is 0.728. The van der Waals surface area contributed by atoms with Crippen molar-refractivity contribution in [2.24, 2.45) is 5.73 Å². The third kappa shape index (κ3) is 2.70. The van der Waals surface area contributed by atoms with Crippen LogP contribution in [0.1, 0.15) is 5.69 Å². The molecule has 0 bridgehead atoms. The van der Waals surface area contributed by atoms with E-state index in [4.69, 9.17) is 11.5 Å². The third-order valence-corrected chi connectivity index (χ3v) is 2.32. The Balaban J connectivity index is 2.40. The van der Waals surface area contributed by atoms with Gasteiger partial charge in [0.1, 0.15) is 11.6 Å². The Morgan fingerprint density at radius 1 is 1.12 bits per heavy atom. The summed E-state index contributed by atoms with van der Waals surface area (Å²) in [5.41, 5.74) is 12.8. The van der Waals surface area contributed by atoms with Crippen molar-refractivity contribution in [3.63, 3.8) is 0 Å². The molecular formula is C12H14N4O. The number of aromatic hydroxyl groups is 1. The van der Waals surface area contributed by atoms with Gasteiger partial charge in [-0.05, 0) is 30.8 Å². The molecule has 0 atom stereocenters. The third-order valence-electron chi connectivity index (χ3n) is 2.32. The van der Waals surface area contributed by atoms with Crippen molar-refractivity contribution < 1.29 is 5.11 Å². The highest BCUT2D eigenvalue weighted by Crippen LogP contribution is 2.19. The van der Waals surface area contributed by atoms with Crippen molar-refractivity contribution in [2.45, 2.75) is 6.42 Å². The van der Waals surface area contributed by atoms with Crippen molar-refractivity contribution in [3.05, 3.63) is 36.0 Å². The maximum atomic E-state index is 9.21. The molecule has 2 rings (SSSR count). The molecule has 0 spiro atoms. The van der Waals surface area contributed by atoms with Crippen LogP contribution in [0.5, 0.6) is 5.75 Å². The van der Waals surface area contributed by atoms with Crippen LogP contribution < -0.4 is 11.5 Å². The highest BCUT2D eigenvalue weighted by Gasteiger charge is 2.05. The Labute approximate surface area is 99.1 Å². The molecule has 0 saturated heterocycles. The molecule has 5 heteroatoms. The molecule has 0 unspecified atom stereocenters. The molecule has 0 radical (unpaired) electrons. The number of nitrogen functional groups attached to an aromatic ring is 1. The van der Waals surface area contributed by atoms with E-state index in [0.29, 0.717) is 24.6 Å². The van der Waals surface area contributed by atoms with E-state index in [1.165, 1.54) is 0 Å². The van der Waals surface area contributed by atoms with Crippen molar-refractivity contribution in [1.29, 1.82) is 0 Å². The van der Waals surface area contributed by atoms with Gasteiger partial charge < -0.3 is 16.6 Å². The lowest BCUT2D eigenvalue weighted by Crippen LogP contribution is -2.07. The van der Waals surface area contributed by atoms with E-state index in [2.05, 4.69) is 9.97 Å². The topological polar surface area (TPSA) is 98.1 Å². The minimum absolute atomic E-state index is 0.208. The van der Waals surface area contributed by atoms with Gasteiger partial charge in [-0.2, -0.15) is 0 Å². The van der Waals surface area contributed by atoms with Crippen LogP contribution in [0.2, 0.25) is 0 Å². The number of phenolic OH excluding ortho intramolecular Hbond substituents is 1. The maximum absolute atomic E-state index is 9.21. The zero-order chi connectivity index (χ0) is 12.3. The summed E-state index contributed by atoms with van der Waals surface area (Å²) in [4.78, 5) is 8.53. The second kappa shape index (κ2) is 4.80. The molecular weight excluding hydrogens is 216 g/mol.